The fourth-order valence-electron chi connectivity index (χ4n) is 1.72. The molecule has 0 aliphatic heterocycles. The molecule has 0 fully saturated rings. The van der Waals surface area contributed by atoms with E-state index in [9.17, 15) is 0 Å². The Morgan fingerprint density at radius 3 is 3.00 bits per heavy atom. The zero-order valence-corrected chi connectivity index (χ0v) is 9.50. The molecule has 0 saturated carbocycles. The second-order valence-electron chi connectivity index (χ2n) is 3.63. The van der Waals surface area contributed by atoms with Gasteiger partial charge in [-0.25, -0.2) is 0 Å². The van der Waals surface area contributed by atoms with E-state index < -0.39 is 0 Å². The molecule has 1 unspecified atom stereocenters. The van der Waals surface area contributed by atoms with Crippen LogP contribution in [0, 0.1) is 5.92 Å². The smallest absolute Gasteiger partial charge is 0.0366 e. The zero-order chi connectivity index (χ0) is 10.4. The van der Waals surface area contributed by atoms with Gasteiger partial charge in [-0.1, -0.05) is 30.7 Å². The van der Waals surface area contributed by atoms with Crippen LogP contribution in [0.15, 0.2) is 23.3 Å². The van der Waals surface area contributed by atoms with Crippen molar-refractivity contribution < 1.29 is 0 Å². The van der Waals surface area contributed by atoms with Crippen LogP contribution in [0.2, 0.25) is 0 Å². The van der Waals surface area contributed by atoms with Crippen molar-refractivity contribution >= 4 is 11.6 Å². The molecule has 3 heteroatoms. The van der Waals surface area contributed by atoms with Crippen molar-refractivity contribution in [2.45, 2.75) is 13.3 Å². The Kier molecular flexibility index (Phi) is 5.23. The summed E-state index contributed by atoms with van der Waals surface area (Å²) < 4.78 is 0. The Bertz CT molecular complexity index is 223. The molecular formula is C11H19ClN2. The topological polar surface area (TPSA) is 29.3 Å². The molecule has 0 saturated heterocycles. The number of hydrogen-bond donors (Lipinski definition) is 1. The SMILES string of the molecule is CCN(CCN)CC1C=C(Cl)C=CC1. The lowest BCUT2D eigenvalue weighted by Gasteiger charge is -2.24. The minimum Gasteiger partial charge on any atom is -0.329 e. The van der Waals surface area contributed by atoms with Crippen molar-refractivity contribution in [3.8, 4) is 0 Å². The summed E-state index contributed by atoms with van der Waals surface area (Å²) in [6, 6.07) is 0. The summed E-state index contributed by atoms with van der Waals surface area (Å²) in [5, 5.41) is 0.866. The molecule has 0 aromatic carbocycles. The molecular weight excluding hydrogens is 196 g/mol. The van der Waals surface area contributed by atoms with Crippen LogP contribution in [0.5, 0.6) is 0 Å². The van der Waals surface area contributed by atoms with E-state index >= 15 is 0 Å². The molecule has 0 radical (unpaired) electrons. The predicted octanol–water partition coefficient (Wildman–Crippen LogP) is 1.97. The standard InChI is InChI=1S/C11H19ClN2/c1-2-14(7-6-13)9-10-4-3-5-11(12)8-10/h3,5,8,10H,2,4,6-7,9,13H2,1H3. The molecule has 0 aromatic rings. The van der Waals surface area contributed by atoms with Crippen molar-refractivity contribution in [3.63, 3.8) is 0 Å². The van der Waals surface area contributed by atoms with Gasteiger partial charge < -0.3 is 10.6 Å². The summed E-state index contributed by atoms with van der Waals surface area (Å²) in [5.41, 5.74) is 5.54. The summed E-state index contributed by atoms with van der Waals surface area (Å²) in [7, 11) is 0. The molecule has 1 aliphatic rings. The van der Waals surface area contributed by atoms with E-state index in [0.29, 0.717) is 5.92 Å². The van der Waals surface area contributed by atoms with Gasteiger partial charge in [-0.05, 0) is 25.0 Å². The average molecular weight is 215 g/mol. The second-order valence-corrected chi connectivity index (χ2v) is 4.07. The molecule has 14 heavy (non-hydrogen) atoms. The van der Waals surface area contributed by atoms with E-state index in [1.54, 1.807) is 0 Å². The molecule has 2 nitrogen and oxygen atoms in total. The van der Waals surface area contributed by atoms with Crippen molar-refractivity contribution in [1.82, 2.24) is 4.90 Å². The predicted molar refractivity (Wildman–Crippen MR) is 62.4 cm³/mol. The van der Waals surface area contributed by atoms with E-state index in [1.165, 1.54) is 0 Å². The molecule has 1 aliphatic carbocycles. The first-order chi connectivity index (χ1) is 6.76. The highest BCUT2D eigenvalue weighted by Gasteiger charge is 2.12. The van der Waals surface area contributed by atoms with Gasteiger partial charge in [0.05, 0.1) is 0 Å². The molecule has 0 bridgehead atoms. The van der Waals surface area contributed by atoms with Gasteiger partial charge in [-0.3, -0.25) is 0 Å². The Balaban J connectivity index is 2.39. The summed E-state index contributed by atoms with van der Waals surface area (Å²) in [6.45, 7) is 5.99. The second kappa shape index (κ2) is 6.23. The number of nitrogens with zero attached hydrogens (tertiary/aromatic N) is 1. The van der Waals surface area contributed by atoms with Crippen LogP contribution in [-0.4, -0.2) is 31.1 Å². The molecule has 2 N–H and O–H groups in total. The molecule has 1 rings (SSSR count). The van der Waals surface area contributed by atoms with Gasteiger partial charge in [0.1, 0.15) is 0 Å². The summed E-state index contributed by atoms with van der Waals surface area (Å²) in [5.74, 6) is 0.555. The van der Waals surface area contributed by atoms with Crippen LogP contribution in [0.3, 0.4) is 0 Å². The lowest BCUT2D eigenvalue weighted by molar-refractivity contribution is 0.266. The maximum absolute atomic E-state index is 5.95. The van der Waals surface area contributed by atoms with Crippen LogP contribution in [0.1, 0.15) is 13.3 Å². The fourth-order valence-corrected chi connectivity index (χ4v) is 1.99. The summed E-state index contributed by atoms with van der Waals surface area (Å²) in [6.07, 6.45) is 7.35. The van der Waals surface area contributed by atoms with Crippen LogP contribution in [-0.2, 0) is 0 Å². The first-order valence-electron chi connectivity index (χ1n) is 5.22. The third-order valence-corrected chi connectivity index (χ3v) is 2.75. The van der Waals surface area contributed by atoms with E-state index in [0.717, 1.165) is 37.6 Å². The van der Waals surface area contributed by atoms with Gasteiger partial charge >= 0.3 is 0 Å². The van der Waals surface area contributed by atoms with Crippen LogP contribution >= 0.6 is 11.6 Å². The van der Waals surface area contributed by atoms with E-state index in [-0.39, 0.29) is 0 Å². The Morgan fingerprint density at radius 1 is 1.64 bits per heavy atom. The van der Waals surface area contributed by atoms with Crippen molar-refractivity contribution in [2.75, 3.05) is 26.2 Å². The maximum atomic E-state index is 5.95. The van der Waals surface area contributed by atoms with Crippen LogP contribution in [0.4, 0.5) is 0 Å². The number of allylic oxidation sites excluding steroid dienone is 3. The Hall–Kier alpha value is -0.310. The molecule has 0 heterocycles. The van der Waals surface area contributed by atoms with Gasteiger partial charge in [0.25, 0.3) is 0 Å². The average Bonchev–Trinajstić information content (AvgIpc) is 2.17. The van der Waals surface area contributed by atoms with Crippen LogP contribution < -0.4 is 5.73 Å². The van der Waals surface area contributed by atoms with Gasteiger partial charge in [-0.15, -0.1) is 0 Å². The summed E-state index contributed by atoms with van der Waals surface area (Å²) in [4.78, 5) is 2.37. The molecule has 0 spiro atoms. The van der Waals surface area contributed by atoms with Crippen LogP contribution in [0.25, 0.3) is 0 Å². The summed E-state index contributed by atoms with van der Waals surface area (Å²) >= 11 is 5.95. The van der Waals surface area contributed by atoms with E-state index in [2.05, 4.69) is 24.0 Å². The number of halogens is 1. The van der Waals surface area contributed by atoms with E-state index in [1.807, 2.05) is 6.08 Å². The minimum absolute atomic E-state index is 0.555. The van der Waals surface area contributed by atoms with Gasteiger partial charge in [-0.2, -0.15) is 0 Å². The molecule has 1 atom stereocenters. The van der Waals surface area contributed by atoms with Crippen molar-refractivity contribution in [2.24, 2.45) is 11.7 Å². The number of rotatable bonds is 5. The quantitative estimate of drug-likeness (QED) is 0.758. The first-order valence-corrected chi connectivity index (χ1v) is 5.60. The van der Waals surface area contributed by atoms with Gasteiger partial charge in [0, 0.05) is 24.7 Å². The minimum atomic E-state index is 0.555. The lowest BCUT2D eigenvalue weighted by Crippen LogP contribution is -2.33. The molecule has 80 valence electrons. The zero-order valence-electron chi connectivity index (χ0n) is 8.75. The number of nitrogens with two attached hydrogens (primary N) is 1. The highest BCUT2D eigenvalue weighted by Crippen LogP contribution is 2.19. The largest absolute Gasteiger partial charge is 0.329 e. The number of hydrogen-bond acceptors (Lipinski definition) is 2. The lowest BCUT2D eigenvalue weighted by atomic mass is 10.0. The fraction of sp³-hybridized carbons (Fsp3) is 0.636. The molecule has 0 aromatic heterocycles. The third kappa shape index (κ3) is 3.82. The Labute approximate surface area is 91.4 Å². The normalized spacial score (nSPS) is 21.4. The van der Waals surface area contributed by atoms with Crippen molar-refractivity contribution in [1.29, 1.82) is 0 Å². The third-order valence-electron chi connectivity index (χ3n) is 2.50. The van der Waals surface area contributed by atoms with Gasteiger partial charge in [0.15, 0.2) is 0 Å². The molecule has 0 amide bonds. The highest BCUT2D eigenvalue weighted by atomic mass is 35.5. The first kappa shape index (κ1) is 11.8. The number of likely N-dealkylation sites (N-methyl/N-ethyl adjacent to an activating group) is 1. The monoisotopic (exact) mass is 214 g/mol. The van der Waals surface area contributed by atoms with E-state index in [4.69, 9.17) is 17.3 Å². The highest BCUT2D eigenvalue weighted by molar-refractivity contribution is 6.31. The van der Waals surface area contributed by atoms with Crippen molar-refractivity contribution in [3.05, 3.63) is 23.3 Å². The Morgan fingerprint density at radius 2 is 2.43 bits per heavy atom. The van der Waals surface area contributed by atoms with Gasteiger partial charge in [0.2, 0.25) is 0 Å². The maximum Gasteiger partial charge on any atom is 0.0366 e.